The van der Waals surface area contributed by atoms with E-state index >= 15 is 0 Å². The van der Waals surface area contributed by atoms with E-state index in [9.17, 15) is 4.79 Å². The lowest BCUT2D eigenvalue weighted by Gasteiger charge is -2.00. The van der Waals surface area contributed by atoms with Gasteiger partial charge in [0.15, 0.2) is 0 Å². The van der Waals surface area contributed by atoms with Crippen LogP contribution in [0.5, 0.6) is 0 Å². The fourth-order valence-corrected chi connectivity index (χ4v) is 1.67. The molecule has 3 aromatic heterocycles. The molecule has 3 aromatic rings. The zero-order valence-corrected chi connectivity index (χ0v) is 8.27. The molecule has 16 heavy (non-hydrogen) atoms. The van der Waals surface area contributed by atoms with Gasteiger partial charge in [-0.3, -0.25) is 4.79 Å². The summed E-state index contributed by atoms with van der Waals surface area (Å²) in [5.74, 6) is 0. The van der Waals surface area contributed by atoms with E-state index in [2.05, 4.69) is 19.9 Å². The predicted octanol–water partition coefficient (Wildman–Crippen LogP) is 1.31. The summed E-state index contributed by atoms with van der Waals surface area (Å²) in [5, 5.41) is 0.988. The highest BCUT2D eigenvalue weighted by Gasteiger charge is 2.05. The van der Waals surface area contributed by atoms with Gasteiger partial charge in [0, 0.05) is 29.5 Å². The molecule has 0 aliphatic rings. The normalized spacial score (nSPS) is 10.8. The Morgan fingerprint density at radius 2 is 2.06 bits per heavy atom. The van der Waals surface area contributed by atoms with E-state index in [0.29, 0.717) is 0 Å². The van der Waals surface area contributed by atoms with E-state index in [0.717, 1.165) is 22.3 Å². The van der Waals surface area contributed by atoms with Gasteiger partial charge < -0.3 is 9.97 Å². The molecular weight excluding hydrogens is 204 g/mol. The second-order valence-electron chi connectivity index (χ2n) is 3.39. The van der Waals surface area contributed by atoms with Crippen LogP contribution < -0.4 is 5.56 Å². The highest BCUT2D eigenvalue weighted by Crippen LogP contribution is 2.23. The maximum absolute atomic E-state index is 10.9. The van der Waals surface area contributed by atoms with Crippen molar-refractivity contribution < 1.29 is 0 Å². The number of H-pyrrole nitrogens is 2. The van der Waals surface area contributed by atoms with E-state index in [1.165, 1.54) is 6.20 Å². The molecule has 0 radical (unpaired) electrons. The number of aromatic nitrogens is 4. The zero-order chi connectivity index (χ0) is 11.0. The SMILES string of the molecule is O=c1cnc(-c2ccnc3[nH]ccc23)c[nH]1. The van der Waals surface area contributed by atoms with Crippen LogP contribution in [-0.2, 0) is 0 Å². The van der Waals surface area contributed by atoms with Gasteiger partial charge in [0.1, 0.15) is 5.65 Å². The Morgan fingerprint density at radius 3 is 2.88 bits per heavy atom. The summed E-state index contributed by atoms with van der Waals surface area (Å²) in [5.41, 5.74) is 2.28. The lowest BCUT2D eigenvalue weighted by atomic mass is 10.1. The first-order chi connectivity index (χ1) is 7.84. The van der Waals surface area contributed by atoms with Crippen LogP contribution >= 0.6 is 0 Å². The molecule has 0 unspecified atom stereocenters. The molecule has 0 aromatic carbocycles. The molecule has 2 N–H and O–H groups in total. The number of aromatic amines is 2. The van der Waals surface area contributed by atoms with Crippen LogP contribution in [0.15, 0.2) is 41.7 Å². The number of pyridine rings is 1. The lowest BCUT2D eigenvalue weighted by molar-refractivity contribution is 1.14. The van der Waals surface area contributed by atoms with Crippen molar-refractivity contribution in [1.82, 2.24) is 19.9 Å². The lowest BCUT2D eigenvalue weighted by Crippen LogP contribution is -2.04. The minimum absolute atomic E-state index is 0.205. The minimum atomic E-state index is -0.205. The molecule has 0 saturated carbocycles. The van der Waals surface area contributed by atoms with Crippen LogP contribution in [0.4, 0.5) is 0 Å². The largest absolute Gasteiger partial charge is 0.346 e. The Labute approximate surface area is 90.2 Å². The van der Waals surface area contributed by atoms with Gasteiger partial charge in [-0.2, -0.15) is 0 Å². The van der Waals surface area contributed by atoms with Crippen LogP contribution in [0.3, 0.4) is 0 Å². The van der Waals surface area contributed by atoms with Gasteiger partial charge in [-0.05, 0) is 12.1 Å². The monoisotopic (exact) mass is 212 g/mol. The highest BCUT2D eigenvalue weighted by atomic mass is 16.1. The Balaban J connectivity index is 2.29. The van der Waals surface area contributed by atoms with Gasteiger partial charge >= 0.3 is 0 Å². The first-order valence-corrected chi connectivity index (χ1v) is 4.82. The third-order valence-electron chi connectivity index (χ3n) is 2.41. The summed E-state index contributed by atoms with van der Waals surface area (Å²) < 4.78 is 0. The molecule has 0 atom stereocenters. The van der Waals surface area contributed by atoms with Gasteiger partial charge in [0.2, 0.25) is 0 Å². The quantitative estimate of drug-likeness (QED) is 0.638. The topological polar surface area (TPSA) is 74.4 Å². The molecule has 0 spiro atoms. The molecule has 0 amide bonds. The summed E-state index contributed by atoms with van der Waals surface area (Å²) >= 11 is 0. The highest BCUT2D eigenvalue weighted by molar-refractivity contribution is 5.91. The zero-order valence-electron chi connectivity index (χ0n) is 8.27. The molecule has 0 aliphatic carbocycles. The van der Waals surface area contributed by atoms with Gasteiger partial charge in [-0.25, -0.2) is 9.97 Å². The van der Waals surface area contributed by atoms with Crippen molar-refractivity contribution in [2.45, 2.75) is 0 Å². The smallest absolute Gasteiger partial charge is 0.266 e. The summed E-state index contributed by atoms with van der Waals surface area (Å²) in [6, 6.07) is 3.81. The maximum Gasteiger partial charge on any atom is 0.266 e. The number of rotatable bonds is 1. The molecule has 3 rings (SSSR count). The molecule has 3 heterocycles. The predicted molar refractivity (Wildman–Crippen MR) is 59.9 cm³/mol. The maximum atomic E-state index is 10.9. The van der Waals surface area contributed by atoms with Gasteiger partial charge in [-0.1, -0.05) is 0 Å². The van der Waals surface area contributed by atoms with E-state index < -0.39 is 0 Å². The minimum Gasteiger partial charge on any atom is -0.346 e. The average Bonchev–Trinajstić information content (AvgIpc) is 2.78. The summed E-state index contributed by atoms with van der Waals surface area (Å²) in [6.45, 7) is 0. The standard InChI is InChI=1S/C11H8N4O/c16-10-6-14-9(5-15-10)7-1-3-12-11-8(7)2-4-13-11/h1-6H,(H,12,13)(H,15,16). The Morgan fingerprint density at radius 1 is 1.12 bits per heavy atom. The first kappa shape index (κ1) is 8.84. The van der Waals surface area contributed by atoms with Gasteiger partial charge in [0.05, 0.1) is 11.9 Å². The first-order valence-electron chi connectivity index (χ1n) is 4.82. The van der Waals surface area contributed by atoms with Gasteiger partial charge in [-0.15, -0.1) is 0 Å². The molecule has 0 bridgehead atoms. The number of hydrogen-bond donors (Lipinski definition) is 2. The van der Waals surface area contributed by atoms with Crippen LogP contribution in [0.25, 0.3) is 22.3 Å². The third-order valence-corrected chi connectivity index (χ3v) is 2.41. The van der Waals surface area contributed by atoms with Crippen LogP contribution in [0.2, 0.25) is 0 Å². The Hall–Kier alpha value is -2.43. The second kappa shape index (κ2) is 3.30. The molecule has 0 aliphatic heterocycles. The Kier molecular flexibility index (Phi) is 1.83. The van der Waals surface area contributed by atoms with Crippen molar-refractivity contribution in [3.05, 3.63) is 47.3 Å². The third kappa shape index (κ3) is 1.30. The average molecular weight is 212 g/mol. The van der Waals surface area contributed by atoms with Crippen LogP contribution in [0, 0.1) is 0 Å². The molecule has 5 nitrogen and oxygen atoms in total. The van der Waals surface area contributed by atoms with E-state index in [-0.39, 0.29) is 5.56 Å². The van der Waals surface area contributed by atoms with Gasteiger partial charge in [0.25, 0.3) is 5.56 Å². The molecular formula is C11H8N4O. The molecule has 0 saturated heterocycles. The van der Waals surface area contributed by atoms with E-state index in [1.807, 2.05) is 18.3 Å². The fraction of sp³-hybridized carbons (Fsp3) is 0. The number of nitrogens with one attached hydrogen (secondary N) is 2. The van der Waals surface area contributed by atoms with Crippen molar-refractivity contribution in [1.29, 1.82) is 0 Å². The number of hydrogen-bond acceptors (Lipinski definition) is 3. The molecule has 78 valence electrons. The van der Waals surface area contributed by atoms with Crippen LogP contribution in [0.1, 0.15) is 0 Å². The van der Waals surface area contributed by atoms with Crippen molar-refractivity contribution >= 4 is 11.0 Å². The van der Waals surface area contributed by atoms with Crippen molar-refractivity contribution in [2.75, 3.05) is 0 Å². The summed E-state index contributed by atoms with van der Waals surface area (Å²) in [6.07, 6.45) is 6.41. The number of fused-ring (bicyclic) bond motifs is 1. The van der Waals surface area contributed by atoms with Crippen molar-refractivity contribution in [3.63, 3.8) is 0 Å². The van der Waals surface area contributed by atoms with E-state index in [4.69, 9.17) is 0 Å². The van der Waals surface area contributed by atoms with Crippen molar-refractivity contribution in [2.24, 2.45) is 0 Å². The van der Waals surface area contributed by atoms with Crippen LogP contribution in [-0.4, -0.2) is 19.9 Å². The molecule has 0 fully saturated rings. The fourth-order valence-electron chi connectivity index (χ4n) is 1.67. The van der Waals surface area contributed by atoms with Crippen molar-refractivity contribution in [3.8, 4) is 11.3 Å². The second-order valence-corrected chi connectivity index (χ2v) is 3.39. The Bertz CT molecular complexity index is 678. The van der Waals surface area contributed by atoms with E-state index in [1.54, 1.807) is 12.4 Å². The summed E-state index contributed by atoms with van der Waals surface area (Å²) in [7, 11) is 0. The molecule has 5 heteroatoms. The number of nitrogens with zero attached hydrogens (tertiary/aromatic N) is 2. The summed E-state index contributed by atoms with van der Waals surface area (Å²) in [4.78, 5) is 24.8.